The summed E-state index contributed by atoms with van der Waals surface area (Å²) < 4.78 is 0. The number of amides is 2. The van der Waals surface area contributed by atoms with Crippen LogP contribution in [0.4, 0.5) is 4.79 Å². The lowest BCUT2D eigenvalue weighted by atomic mass is 9.75. The fraction of sp³-hybridized carbons (Fsp3) is 0.526. The topological polar surface area (TPSA) is 60.2 Å². The second-order valence-electron chi connectivity index (χ2n) is 6.96. The number of carbonyl (C=O) groups excluding carboxylic acids is 1. The Morgan fingerprint density at radius 1 is 1.33 bits per heavy atom. The van der Waals surface area contributed by atoms with E-state index < -0.39 is 0 Å². The summed E-state index contributed by atoms with van der Waals surface area (Å²) in [6.07, 6.45) is 4.23. The van der Waals surface area contributed by atoms with Crippen molar-refractivity contribution in [2.24, 2.45) is 0 Å². The van der Waals surface area contributed by atoms with Gasteiger partial charge in [-0.1, -0.05) is 12.1 Å². The van der Waals surface area contributed by atoms with E-state index in [4.69, 9.17) is 0 Å². The quantitative estimate of drug-likeness (QED) is 0.812. The highest BCUT2D eigenvalue weighted by Crippen LogP contribution is 2.40. The van der Waals surface area contributed by atoms with Gasteiger partial charge in [-0.2, -0.15) is 0 Å². The molecule has 128 valence electrons. The minimum Gasteiger partial charge on any atom is -0.361 e. The van der Waals surface area contributed by atoms with Crippen LogP contribution in [0.3, 0.4) is 0 Å². The number of H-pyrrole nitrogens is 1. The molecule has 1 saturated heterocycles. The standard InChI is InChI=1S/C19H26N4O/c1-3-23(4-2)19(24)22-13-9-15-14-6-5-7-16-18(14)12(10-20-16)8-17(15)21-11-13/h5-7,10,13,15,17,20-21H,3-4,8-9,11H2,1-2H3,(H,22,24). The van der Waals surface area contributed by atoms with Gasteiger partial charge in [0.1, 0.15) is 0 Å². The second kappa shape index (κ2) is 6.13. The number of benzene rings is 1. The van der Waals surface area contributed by atoms with Gasteiger partial charge in [0, 0.05) is 54.7 Å². The van der Waals surface area contributed by atoms with Crippen molar-refractivity contribution >= 4 is 16.9 Å². The van der Waals surface area contributed by atoms with E-state index in [0.29, 0.717) is 12.0 Å². The van der Waals surface area contributed by atoms with Gasteiger partial charge in [-0.3, -0.25) is 0 Å². The molecule has 0 saturated carbocycles. The lowest BCUT2D eigenvalue weighted by Crippen LogP contribution is -2.56. The second-order valence-corrected chi connectivity index (χ2v) is 6.96. The molecule has 2 heterocycles. The number of piperidine rings is 1. The smallest absolute Gasteiger partial charge is 0.317 e. The molecule has 3 N–H and O–H groups in total. The summed E-state index contributed by atoms with van der Waals surface area (Å²) in [5.41, 5.74) is 4.07. The predicted molar refractivity (Wildman–Crippen MR) is 96.4 cm³/mol. The molecule has 1 aliphatic heterocycles. The number of rotatable bonds is 3. The third-order valence-electron chi connectivity index (χ3n) is 5.69. The van der Waals surface area contributed by atoms with Crippen LogP contribution >= 0.6 is 0 Å². The highest BCUT2D eigenvalue weighted by atomic mass is 16.2. The molecule has 4 rings (SSSR count). The summed E-state index contributed by atoms with van der Waals surface area (Å²) in [5.74, 6) is 0.466. The van der Waals surface area contributed by atoms with Gasteiger partial charge in [-0.15, -0.1) is 0 Å². The Morgan fingerprint density at radius 3 is 2.96 bits per heavy atom. The van der Waals surface area contributed by atoms with Crippen molar-refractivity contribution in [3.8, 4) is 0 Å². The van der Waals surface area contributed by atoms with Gasteiger partial charge in [0.05, 0.1) is 0 Å². The van der Waals surface area contributed by atoms with Gasteiger partial charge in [0.15, 0.2) is 0 Å². The zero-order valence-corrected chi connectivity index (χ0v) is 14.4. The molecule has 2 amide bonds. The van der Waals surface area contributed by atoms with Crippen molar-refractivity contribution in [3.05, 3.63) is 35.5 Å². The number of nitrogens with zero attached hydrogens (tertiary/aromatic N) is 1. The van der Waals surface area contributed by atoms with Gasteiger partial charge in [-0.05, 0) is 43.9 Å². The Bertz CT molecular complexity index is 749. The van der Waals surface area contributed by atoms with Crippen molar-refractivity contribution in [2.45, 2.75) is 44.7 Å². The Balaban J connectivity index is 1.55. The Labute approximate surface area is 142 Å². The van der Waals surface area contributed by atoms with Crippen LogP contribution in [0, 0.1) is 0 Å². The Hall–Kier alpha value is -2.01. The van der Waals surface area contributed by atoms with Crippen LogP contribution in [0.2, 0.25) is 0 Å². The minimum atomic E-state index is 0.0570. The van der Waals surface area contributed by atoms with E-state index in [1.54, 1.807) is 0 Å². The van der Waals surface area contributed by atoms with Crippen LogP contribution in [0.25, 0.3) is 10.9 Å². The Kier molecular flexibility index (Phi) is 3.96. The van der Waals surface area contributed by atoms with Gasteiger partial charge in [0.2, 0.25) is 0 Å². The SMILES string of the molecule is CCN(CC)C(=O)NC1CNC2Cc3c[nH]c4cccc(c34)C2C1. The van der Waals surface area contributed by atoms with Gasteiger partial charge in [-0.25, -0.2) is 4.79 Å². The van der Waals surface area contributed by atoms with E-state index in [9.17, 15) is 4.79 Å². The molecule has 5 nitrogen and oxygen atoms in total. The number of aromatic amines is 1. The molecule has 2 aliphatic rings. The predicted octanol–water partition coefficient (Wildman–Crippen LogP) is 2.59. The molecule has 0 radical (unpaired) electrons. The number of hydrogen-bond acceptors (Lipinski definition) is 2. The van der Waals surface area contributed by atoms with Gasteiger partial charge >= 0.3 is 6.03 Å². The number of hydrogen-bond donors (Lipinski definition) is 3. The molecule has 3 atom stereocenters. The number of urea groups is 1. The van der Waals surface area contributed by atoms with Crippen molar-refractivity contribution in [1.29, 1.82) is 0 Å². The molecular formula is C19H26N4O. The monoisotopic (exact) mass is 326 g/mol. The van der Waals surface area contributed by atoms with Crippen LogP contribution in [0.5, 0.6) is 0 Å². The maximum absolute atomic E-state index is 12.4. The molecule has 0 spiro atoms. The fourth-order valence-electron chi connectivity index (χ4n) is 4.43. The average molecular weight is 326 g/mol. The van der Waals surface area contributed by atoms with Crippen molar-refractivity contribution in [3.63, 3.8) is 0 Å². The first-order valence-electron chi connectivity index (χ1n) is 9.09. The Morgan fingerprint density at radius 2 is 2.17 bits per heavy atom. The minimum absolute atomic E-state index is 0.0570. The van der Waals surface area contributed by atoms with E-state index in [0.717, 1.165) is 32.5 Å². The summed E-state index contributed by atoms with van der Waals surface area (Å²) in [6, 6.07) is 7.27. The fourth-order valence-corrected chi connectivity index (χ4v) is 4.43. The first kappa shape index (κ1) is 15.5. The molecule has 24 heavy (non-hydrogen) atoms. The van der Waals surface area contributed by atoms with Crippen LogP contribution in [0.15, 0.2) is 24.4 Å². The van der Waals surface area contributed by atoms with E-state index in [1.165, 1.54) is 22.0 Å². The molecule has 5 heteroatoms. The summed E-state index contributed by atoms with van der Waals surface area (Å²) in [4.78, 5) is 17.6. The van der Waals surface area contributed by atoms with Gasteiger partial charge in [0.25, 0.3) is 0 Å². The summed E-state index contributed by atoms with van der Waals surface area (Å²) in [6.45, 7) is 6.39. The van der Waals surface area contributed by atoms with Crippen molar-refractivity contribution < 1.29 is 4.79 Å². The maximum Gasteiger partial charge on any atom is 0.317 e. The summed E-state index contributed by atoms with van der Waals surface area (Å²) in [7, 11) is 0. The summed E-state index contributed by atoms with van der Waals surface area (Å²) in [5, 5.41) is 8.30. The molecule has 2 aromatic rings. The van der Waals surface area contributed by atoms with Crippen molar-refractivity contribution in [2.75, 3.05) is 19.6 Å². The molecule has 0 bridgehead atoms. The first-order chi connectivity index (χ1) is 11.7. The van der Waals surface area contributed by atoms with Crippen LogP contribution in [-0.4, -0.2) is 47.6 Å². The normalized spacial score (nSPS) is 25.3. The highest BCUT2D eigenvalue weighted by Gasteiger charge is 2.36. The molecular weight excluding hydrogens is 300 g/mol. The lowest BCUT2D eigenvalue weighted by Gasteiger charge is -2.41. The number of aromatic nitrogens is 1. The zero-order valence-electron chi connectivity index (χ0n) is 14.4. The molecule has 1 fully saturated rings. The van der Waals surface area contributed by atoms with E-state index >= 15 is 0 Å². The molecule has 3 unspecified atom stereocenters. The number of carbonyl (C=O) groups is 1. The molecule has 1 aromatic heterocycles. The van der Waals surface area contributed by atoms with Crippen molar-refractivity contribution in [1.82, 2.24) is 20.5 Å². The van der Waals surface area contributed by atoms with E-state index in [1.807, 2.05) is 18.7 Å². The third-order valence-corrected chi connectivity index (χ3v) is 5.69. The number of fused-ring (bicyclic) bond motifs is 2. The third kappa shape index (κ3) is 2.47. The lowest BCUT2D eigenvalue weighted by molar-refractivity contribution is 0.191. The zero-order chi connectivity index (χ0) is 16.7. The van der Waals surface area contributed by atoms with Crippen LogP contribution in [-0.2, 0) is 6.42 Å². The maximum atomic E-state index is 12.4. The first-order valence-corrected chi connectivity index (χ1v) is 9.09. The van der Waals surface area contributed by atoms with Crippen LogP contribution in [0.1, 0.15) is 37.3 Å². The highest BCUT2D eigenvalue weighted by molar-refractivity contribution is 5.88. The molecule has 1 aliphatic carbocycles. The average Bonchev–Trinajstić information content (AvgIpc) is 3.01. The van der Waals surface area contributed by atoms with E-state index in [-0.39, 0.29) is 12.1 Å². The molecule has 1 aromatic carbocycles. The number of nitrogens with one attached hydrogen (secondary N) is 3. The summed E-state index contributed by atoms with van der Waals surface area (Å²) >= 11 is 0. The van der Waals surface area contributed by atoms with E-state index in [2.05, 4.69) is 40.0 Å². The van der Waals surface area contributed by atoms with Gasteiger partial charge < -0.3 is 20.5 Å². The largest absolute Gasteiger partial charge is 0.361 e. The van der Waals surface area contributed by atoms with Crippen LogP contribution < -0.4 is 10.6 Å².